The van der Waals surface area contributed by atoms with Crippen LogP contribution in [0.5, 0.6) is 0 Å². The van der Waals surface area contributed by atoms with Crippen LogP contribution in [0.1, 0.15) is 26.4 Å². The summed E-state index contributed by atoms with van der Waals surface area (Å²) < 4.78 is 9.70. The van der Waals surface area contributed by atoms with Gasteiger partial charge in [0.05, 0.1) is 18.2 Å². The maximum Gasteiger partial charge on any atom is 0.359 e. The van der Waals surface area contributed by atoms with E-state index in [9.17, 15) is 14.4 Å². The van der Waals surface area contributed by atoms with E-state index in [0.717, 1.165) is 5.56 Å². The largest absolute Gasteiger partial charge is 0.465 e. The molecule has 8 heteroatoms. The Morgan fingerprint density at radius 3 is 2.67 bits per heavy atom. The fraction of sp³-hybridized carbons (Fsp3) is 0.158. The monoisotopic (exact) mass is 367 g/mol. The van der Waals surface area contributed by atoms with Crippen molar-refractivity contribution in [3.63, 3.8) is 0 Å². The number of aromatic nitrogens is 2. The number of para-hydroxylation sites is 1. The molecule has 0 aliphatic rings. The van der Waals surface area contributed by atoms with E-state index < -0.39 is 24.5 Å². The first-order valence-electron chi connectivity index (χ1n) is 8.08. The van der Waals surface area contributed by atoms with Crippen LogP contribution in [0, 0.1) is 6.92 Å². The molecule has 0 radical (unpaired) electrons. The molecule has 0 spiro atoms. The number of hydrogen-bond acceptors (Lipinski definition) is 6. The Balaban J connectivity index is 1.65. The molecule has 1 heterocycles. The minimum absolute atomic E-state index is 0.113. The van der Waals surface area contributed by atoms with Crippen LogP contribution in [0.3, 0.4) is 0 Å². The predicted molar refractivity (Wildman–Crippen MR) is 97.5 cm³/mol. The van der Waals surface area contributed by atoms with E-state index in [1.165, 1.54) is 13.2 Å². The highest BCUT2D eigenvalue weighted by Gasteiger charge is 2.17. The number of aromatic amines is 1. The quantitative estimate of drug-likeness (QED) is 0.670. The number of fused-ring (bicyclic) bond motifs is 1. The van der Waals surface area contributed by atoms with Gasteiger partial charge >= 0.3 is 11.9 Å². The third kappa shape index (κ3) is 3.95. The second-order valence-electron chi connectivity index (χ2n) is 5.76. The summed E-state index contributed by atoms with van der Waals surface area (Å²) in [5.41, 5.74) is 2.30. The lowest BCUT2D eigenvalue weighted by Crippen LogP contribution is -2.21. The molecule has 2 aromatic carbocycles. The van der Waals surface area contributed by atoms with Crippen LogP contribution >= 0.6 is 0 Å². The fourth-order valence-corrected chi connectivity index (χ4v) is 2.51. The van der Waals surface area contributed by atoms with Crippen LogP contribution in [0.25, 0.3) is 10.9 Å². The molecule has 2 N–H and O–H groups in total. The highest BCUT2D eigenvalue weighted by molar-refractivity contribution is 6.03. The molecule has 0 aliphatic carbocycles. The molecule has 0 fully saturated rings. The topological polar surface area (TPSA) is 110 Å². The normalized spacial score (nSPS) is 10.4. The maximum absolute atomic E-state index is 12.2. The van der Waals surface area contributed by atoms with Gasteiger partial charge in [0.1, 0.15) is 0 Å². The Bertz CT molecular complexity index is 1030. The van der Waals surface area contributed by atoms with Gasteiger partial charge in [-0.05, 0) is 30.7 Å². The highest BCUT2D eigenvalue weighted by atomic mass is 16.5. The molecule has 3 rings (SSSR count). The molecule has 3 aromatic rings. The molecule has 8 nitrogen and oxygen atoms in total. The number of hydrogen-bond donors (Lipinski definition) is 2. The van der Waals surface area contributed by atoms with E-state index in [-0.39, 0.29) is 5.69 Å². The number of methoxy groups -OCH3 is 1. The minimum Gasteiger partial charge on any atom is -0.465 e. The Morgan fingerprint density at radius 1 is 1.11 bits per heavy atom. The van der Waals surface area contributed by atoms with Crippen LogP contribution in [0.2, 0.25) is 0 Å². The summed E-state index contributed by atoms with van der Waals surface area (Å²) in [5.74, 6) is -1.75. The Morgan fingerprint density at radius 2 is 1.89 bits per heavy atom. The van der Waals surface area contributed by atoms with Crippen LogP contribution in [-0.2, 0) is 14.3 Å². The first kappa shape index (κ1) is 18.1. The number of carbonyl (C=O) groups excluding carboxylic acids is 3. The van der Waals surface area contributed by atoms with Gasteiger partial charge in [-0.15, -0.1) is 0 Å². The van der Waals surface area contributed by atoms with E-state index in [1.54, 1.807) is 37.3 Å². The number of nitrogens with one attached hydrogen (secondary N) is 2. The van der Waals surface area contributed by atoms with Gasteiger partial charge < -0.3 is 14.8 Å². The molecular formula is C19H17N3O5. The van der Waals surface area contributed by atoms with Gasteiger partial charge in [-0.25, -0.2) is 9.59 Å². The summed E-state index contributed by atoms with van der Waals surface area (Å²) in [6.07, 6.45) is 0. The van der Waals surface area contributed by atoms with Crippen LogP contribution in [0.15, 0.2) is 42.5 Å². The second kappa shape index (κ2) is 7.69. The summed E-state index contributed by atoms with van der Waals surface area (Å²) >= 11 is 0. The molecular weight excluding hydrogens is 350 g/mol. The van der Waals surface area contributed by atoms with E-state index in [0.29, 0.717) is 22.2 Å². The van der Waals surface area contributed by atoms with Crippen molar-refractivity contribution in [2.45, 2.75) is 6.92 Å². The number of H-pyrrole nitrogens is 1. The number of rotatable bonds is 5. The zero-order chi connectivity index (χ0) is 19.4. The Hall–Kier alpha value is -3.68. The van der Waals surface area contributed by atoms with E-state index in [1.807, 2.05) is 6.07 Å². The minimum atomic E-state index is -0.706. The average Bonchev–Trinajstić information content (AvgIpc) is 3.11. The number of esters is 2. The molecule has 138 valence electrons. The molecule has 1 aromatic heterocycles. The van der Waals surface area contributed by atoms with Crippen LogP contribution < -0.4 is 5.32 Å². The number of benzene rings is 2. The van der Waals surface area contributed by atoms with Gasteiger partial charge in [0.15, 0.2) is 12.3 Å². The first-order chi connectivity index (χ1) is 13.0. The fourth-order valence-electron chi connectivity index (χ4n) is 2.51. The molecule has 0 unspecified atom stereocenters. The van der Waals surface area contributed by atoms with Crippen molar-refractivity contribution < 1.29 is 23.9 Å². The molecule has 0 saturated carbocycles. The molecule has 0 aliphatic heterocycles. The number of nitrogens with zero attached hydrogens (tertiary/aromatic N) is 1. The van der Waals surface area contributed by atoms with Gasteiger partial charge in [0.25, 0.3) is 5.91 Å². The van der Waals surface area contributed by atoms with Gasteiger partial charge in [-0.3, -0.25) is 9.89 Å². The summed E-state index contributed by atoms with van der Waals surface area (Å²) in [5, 5.41) is 9.89. The third-order valence-corrected chi connectivity index (χ3v) is 3.93. The summed E-state index contributed by atoms with van der Waals surface area (Å²) in [6.45, 7) is 1.29. The third-order valence-electron chi connectivity index (χ3n) is 3.93. The predicted octanol–water partition coefficient (Wildman–Crippen LogP) is 2.45. The molecule has 27 heavy (non-hydrogen) atoms. The molecule has 0 saturated heterocycles. The zero-order valence-corrected chi connectivity index (χ0v) is 14.7. The van der Waals surface area contributed by atoms with Crippen molar-refractivity contribution in [1.29, 1.82) is 0 Å². The number of aryl methyl sites for hydroxylation is 1. The Labute approximate surface area is 154 Å². The smallest absolute Gasteiger partial charge is 0.359 e. The number of anilines is 1. The van der Waals surface area contributed by atoms with Gasteiger partial charge in [0.2, 0.25) is 0 Å². The second-order valence-corrected chi connectivity index (χ2v) is 5.76. The summed E-state index contributed by atoms with van der Waals surface area (Å²) in [7, 11) is 1.28. The first-order valence-corrected chi connectivity index (χ1v) is 8.08. The van der Waals surface area contributed by atoms with Crippen molar-refractivity contribution in [3.05, 3.63) is 59.3 Å². The van der Waals surface area contributed by atoms with Crippen molar-refractivity contribution in [1.82, 2.24) is 10.2 Å². The number of ether oxygens (including phenoxy) is 2. The highest BCUT2D eigenvalue weighted by Crippen LogP contribution is 2.18. The summed E-state index contributed by atoms with van der Waals surface area (Å²) in [6, 6.07) is 11.9. The van der Waals surface area contributed by atoms with Crippen molar-refractivity contribution in [2.24, 2.45) is 0 Å². The number of carbonyl (C=O) groups is 3. The lowest BCUT2D eigenvalue weighted by molar-refractivity contribution is -0.119. The maximum atomic E-state index is 12.2. The Kier molecular flexibility index (Phi) is 5.16. The standard InChI is InChI=1S/C19H17N3O5/c1-11-7-8-12(18(24)26-2)9-15(11)20-16(23)10-27-19(25)17-13-5-3-4-6-14(13)21-22-17/h3-9H,10H2,1-2H3,(H,20,23)(H,21,22). The SMILES string of the molecule is COC(=O)c1ccc(C)c(NC(=O)COC(=O)c2n[nH]c3ccccc23)c1. The van der Waals surface area contributed by atoms with Crippen molar-refractivity contribution in [2.75, 3.05) is 19.0 Å². The van der Waals surface area contributed by atoms with E-state index in [2.05, 4.69) is 20.3 Å². The molecule has 0 atom stereocenters. The van der Waals surface area contributed by atoms with Crippen molar-refractivity contribution >= 4 is 34.4 Å². The van der Waals surface area contributed by atoms with E-state index in [4.69, 9.17) is 4.74 Å². The van der Waals surface area contributed by atoms with E-state index >= 15 is 0 Å². The lowest BCUT2D eigenvalue weighted by Gasteiger charge is -2.10. The molecule has 1 amide bonds. The average molecular weight is 367 g/mol. The van der Waals surface area contributed by atoms with Crippen LogP contribution in [-0.4, -0.2) is 41.8 Å². The van der Waals surface area contributed by atoms with Gasteiger partial charge in [-0.1, -0.05) is 24.3 Å². The van der Waals surface area contributed by atoms with Gasteiger partial charge in [-0.2, -0.15) is 5.10 Å². The zero-order valence-electron chi connectivity index (χ0n) is 14.7. The van der Waals surface area contributed by atoms with Crippen molar-refractivity contribution in [3.8, 4) is 0 Å². The molecule has 0 bridgehead atoms. The lowest BCUT2D eigenvalue weighted by atomic mass is 10.1. The summed E-state index contributed by atoms with van der Waals surface area (Å²) in [4.78, 5) is 35.9. The number of amides is 1. The van der Waals surface area contributed by atoms with Gasteiger partial charge in [0, 0.05) is 11.1 Å². The van der Waals surface area contributed by atoms with Crippen LogP contribution in [0.4, 0.5) is 5.69 Å².